The van der Waals surface area contributed by atoms with Crippen LogP contribution >= 0.6 is 0 Å². The number of ketones is 1. The lowest BCUT2D eigenvalue weighted by molar-refractivity contribution is -0.137. The fourth-order valence-electron chi connectivity index (χ4n) is 1.60. The van der Waals surface area contributed by atoms with E-state index in [1.165, 1.54) is 25.1 Å². The second-order valence-electron chi connectivity index (χ2n) is 3.62. The Morgan fingerprint density at radius 1 is 1.22 bits per heavy atom. The molecule has 18 heavy (non-hydrogen) atoms. The molecule has 2 aromatic rings. The summed E-state index contributed by atoms with van der Waals surface area (Å²) in [6, 6.07) is 4.92. The van der Waals surface area contributed by atoms with Crippen molar-refractivity contribution in [2.75, 3.05) is 0 Å². The molecule has 0 bridgehead atoms. The van der Waals surface area contributed by atoms with E-state index in [4.69, 9.17) is 0 Å². The second-order valence-corrected chi connectivity index (χ2v) is 3.62. The van der Waals surface area contributed by atoms with Gasteiger partial charge in [-0.05, 0) is 6.07 Å². The van der Waals surface area contributed by atoms with E-state index in [-0.39, 0.29) is 17.0 Å². The Balaban J connectivity index is 2.65. The number of hydrogen-bond donors (Lipinski definition) is 1. The fraction of sp³-hybridized carbons (Fsp3) is 0.182. The van der Waals surface area contributed by atoms with E-state index in [9.17, 15) is 18.0 Å². The third-order valence-electron chi connectivity index (χ3n) is 2.37. The molecule has 0 radical (unpaired) electrons. The molecule has 0 amide bonds. The van der Waals surface area contributed by atoms with Crippen LogP contribution in [0.25, 0.3) is 11.3 Å². The van der Waals surface area contributed by atoms with Gasteiger partial charge in [0.25, 0.3) is 0 Å². The van der Waals surface area contributed by atoms with Crippen molar-refractivity contribution in [3.8, 4) is 11.3 Å². The number of carbonyl (C=O) groups is 1. The van der Waals surface area contributed by atoms with Crippen molar-refractivity contribution >= 4 is 5.78 Å². The zero-order chi connectivity index (χ0) is 13.3. The van der Waals surface area contributed by atoms with Crippen molar-refractivity contribution in [2.24, 2.45) is 0 Å². The lowest BCUT2D eigenvalue weighted by atomic mass is 10.0. The summed E-state index contributed by atoms with van der Waals surface area (Å²) in [6.07, 6.45) is -4.51. The van der Waals surface area contributed by atoms with E-state index in [2.05, 4.69) is 15.4 Å². The van der Waals surface area contributed by atoms with Crippen LogP contribution < -0.4 is 0 Å². The fourth-order valence-corrected chi connectivity index (χ4v) is 1.60. The molecule has 1 heterocycles. The number of nitrogens with zero attached hydrogens (tertiary/aromatic N) is 2. The Bertz CT molecular complexity index is 589. The molecular formula is C11H8F3N3O. The average Bonchev–Trinajstić information content (AvgIpc) is 2.76. The quantitative estimate of drug-likeness (QED) is 0.839. The first-order valence-electron chi connectivity index (χ1n) is 4.99. The largest absolute Gasteiger partial charge is 0.417 e. The van der Waals surface area contributed by atoms with Crippen molar-refractivity contribution in [1.82, 2.24) is 15.4 Å². The summed E-state index contributed by atoms with van der Waals surface area (Å²) in [5.41, 5.74) is -1.20. The average molecular weight is 255 g/mol. The predicted octanol–water partition coefficient (Wildman–Crippen LogP) is 2.69. The number of hydrogen-bond acceptors (Lipinski definition) is 3. The summed E-state index contributed by atoms with van der Waals surface area (Å²) in [6.45, 7) is 1.22. The first-order chi connectivity index (χ1) is 8.41. The summed E-state index contributed by atoms with van der Waals surface area (Å²) < 4.78 is 38.5. The maximum absolute atomic E-state index is 12.8. The molecule has 1 N–H and O–H groups in total. The second kappa shape index (κ2) is 4.25. The van der Waals surface area contributed by atoms with Crippen molar-refractivity contribution < 1.29 is 18.0 Å². The molecule has 0 unspecified atom stereocenters. The minimum absolute atomic E-state index is 0.0876. The molecule has 2 rings (SSSR count). The van der Waals surface area contributed by atoms with E-state index in [1.807, 2.05) is 0 Å². The summed E-state index contributed by atoms with van der Waals surface area (Å²) in [5, 5.41) is 9.36. The molecule has 0 saturated carbocycles. The van der Waals surface area contributed by atoms with Crippen LogP contribution in [0, 0.1) is 0 Å². The number of alkyl halides is 3. The van der Waals surface area contributed by atoms with Gasteiger partial charge in [0.1, 0.15) is 5.69 Å². The summed E-state index contributed by atoms with van der Waals surface area (Å²) >= 11 is 0. The van der Waals surface area contributed by atoms with Crippen LogP contribution in [0.1, 0.15) is 23.0 Å². The van der Waals surface area contributed by atoms with Gasteiger partial charge in [-0.15, -0.1) is 0 Å². The number of aromatic nitrogens is 3. The minimum Gasteiger partial charge on any atom is -0.293 e. The zero-order valence-electron chi connectivity index (χ0n) is 9.25. The number of halogens is 3. The maximum atomic E-state index is 12.8. The number of benzene rings is 1. The normalized spacial score (nSPS) is 11.6. The van der Waals surface area contributed by atoms with E-state index in [1.54, 1.807) is 0 Å². The van der Waals surface area contributed by atoms with Gasteiger partial charge in [-0.25, -0.2) is 0 Å². The van der Waals surface area contributed by atoms with Gasteiger partial charge < -0.3 is 0 Å². The van der Waals surface area contributed by atoms with Gasteiger partial charge in [-0.2, -0.15) is 28.6 Å². The van der Waals surface area contributed by atoms with Gasteiger partial charge >= 0.3 is 6.18 Å². The van der Waals surface area contributed by atoms with E-state index >= 15 is 0 Å². The zero-order valence-corrected chi connectivity index (χ0v) is 9.25. The molecule has 4 nitrogen and oxygen atoms in total. The molecule has 1 aromatic carbocycles. The first-order valence-corrected chi connectivity index (χ1v) is 4.99. The molecule has 0 aliphatic rings. The van der Waals surface area contributed by atoms with Gasteiger partial charge in [-0.1, -0.05) is 18.2 Å². The Morgan fingerprint density at radius 2 is 1.89 bits per heavy atom. The van der Waals surface area contributed by atoms with Crippen molar-refractivity contribution in [1.29, 1.82) is 0 Å². The molecule has 0 aliphatic carbocycles. The molecule has 0 spiro atoms. The van der Waals surface area contributed by atoms with Crippen LogP contribution in [0.2, 0.25) is 0 Å². The van der Waals surface area contributed by atoms with Gasteiger partial charge in [0, 0.05) is 12.5 Å². The molecule has 0 fully saturated rings. The smallest absolute Gasteiger partial charge is 0.293 e. The van der Waals surface area contributed by atoms with Crippen LogP contribution in [-0.2, 0) is 6.18 Å². The van der Waals surface area contributed by atoms with Gasteiger partial charge in [0.2, 0.25) is 0 Å². The first kappa shape index (κ1) is 12.3. The van der Waals surface area contributed by atoms with Gasteiger partial charge in [-0.3, -0.25) is 4.79 Å². The van der Waals surface area contributed by atoms with Crippen LogP contribution in [0.5, 0.6) is 0 Å². The van der Waals surface area contributed by atoms with Crippen LogP contribution in [0.3, 0.4) is 0 Å². The van der Waals surface area contributed by atoms with Crippen molar-refractivity contribution in [2.45, 2.75) is 13.1 Å². The maximum Gasteiger partial charge on any atom is 0.417 e. The highest BCUT2D eigenvalue weighted by molar-refractivity contribution is 5.98. The number of aromatic amines is 1. The lowest BCUT2D eigenvalue weighted by Crippen LogP contribution is -2.08. The number of Topliss-reactive ketones (excluding diaryl/α,β-unsaturated/α-hetero) is 1. The molecule has 1 aromatic heterocycles. The standard InChI is InChI=1S/C11H8F3N3O/c1-6(18)9-10(16-17-15-9)7-4-2-3-5-8(7)11(12,13)14/h2-5H,1H3,(H,15,16,17). The highest BCUT2D eigenvalue weighted by atomic mass is 19.4. The summed E-state index contributed by atoms with van der Waals surface area (Å²) in [7, 11) is 0. The molecular weight excluding hydrogens is 247 g/mol. The molecule has 0 aliphatic heterocycles. The summed E-state index contributed by atoms with van der Waals surface area (Å²) in [5.74, 6) is -0.448. The van der Waals surface area contributed by atoms with E-state index in [0.29, 0.717) is 0 Å². The van der Waals surface area contributed by atoms with Crippen molar-refractivity contribution in [3.63, 3.8) is 0 Å². The molecule has 7 heteroatoms. The highest BCUT2D eigenvalue weighted by Crippen LogP contribution is 2.36. The van der Waals surface area contributed by atoms with Crippen LogP contribution in [0.15, 0.2) is 24.3 Å². The molecule has 0 saturated heterocycles. The lowest BCUT2D eigenvalue weighted by Gasteiger charge is -2.10. The Kier molecular flexibility index (Phi) is 2.90. The number of rotatable bonds is 2. The highest BCUT2D eigenvalue weighted by Gasteiger charge is 2.34. The Morgan fingerprint density at radius 3 is 2.50 bits per heavy atom. The Labute approximate surface area is 99.8 Å². The third kappa shape index (κ3) is 2.11. The SMILES string of the molecule is CC(=O)c1n[nH]nc1-c1ccccc1C(F)(F)F. The third-order valence-corrected chi connectivity index (χ3v) is 2.37. The van der Waals surface area contributed by atoms with E-state index < -0.39 is 17.5 Å². The van der Waals surface area contributed by atoms with Crippen molar-refractivity contribution in [3.05, 3.63) is 35.5 Å². The molecule has 94 valence electrons. The predicted molar refractivity (Wildman–Crippen MR) is 56.8 cm³/mol. The Hall–Kier alpha value is -2.18. The topological polar surface area (TPSA) is 58.6 Å². The van der Waals surface area contributed by atoms with Gasteiger partial charge in [0.05, 0.1) is 5.56 Å². The summed E-state index contributed by atoms with van der Waals surface area (Å²) in [4.78, 5) is 11.3. The molecule has 0 atom stereocenters. The van der Waals surface area contributed by atoms with Gasteiger partial charge in [0.15, 0.2) is 11.5 Å². The van der Waals surface area contributed by atoms with Crippen LogP contribution in [0.4, 0.5) is 13.2 Å². The van der Waals surface area contributed by atoms with Crippen LogP contribution in [-0.4, -0.2) is 21.2 Å². The number of carbonyl (C=O) groups excluding carboxylic acids is 1. The number of nitrogens with one attached hydrogen (secondary N) is 1. The van der Waals surface area contributed by atoms with E-state index in [0.717, 1.165) is 6.07 Å². The monoisotopic (exact) mass is 255 g/mol. The number of H-pyrrole nitrogens is 1. The minimum atomic E-state index is -4.51.